The Hall–Kier alpha value is -1.87. The van der Waals surface area contributed by atoms with E-state index in [1.807, 2.05) is 30.3 Å². The molecule has 0 spiro atoms. The summed E-state index contributed by atoms with van der Waals surface area (Å²) in [6, 6.07) is 12.9. The molecule has 1 aromatic heterocycles. The molecule has 1 N–H and O–H groups in total. The van der Waals surface area contributed by atoms with Gasteiger partial charge in [0.2, 0.25) is 0 Å². The zero-order valence-electron chi connectivity index (χ0n) is 8.13. The third-order valence-corrected chi connectivity index (χ3v) is 2.29. The SMILES string of the molecule is O=Cc1ccc(CO)n1-c1ccccc1. The van der Waals surface area contributed by atoms with Gasteiger partial charge in [-0.3, -0.25) is 4.79 Å². The summed E-state index contributed by atoms with van der Waals surface area (Å²) in [6.45, 7) is -0.0806. The number of hydrogen-bond acceptors (Lipinski definition) is 2. The summed E-state index contributed by atoms with van der Waals surface area (Å²) < 4.78 is 1.74. The number of benzene rings is 1. The van der Waals surface area contributed by atoms with Crippen molar-refractivity contribution in [3.8, 4) is 5.69 Å². The van der Waals surface area contributed by atoms with Crippen molar-refractivity contribution in [1.29, 1.82) is 0 Å². The van der Waals surface area contributed by atoms with Crippen LogP contribution < -0.4 is 0 Å². The van der Waals surface area contributed by atoms with Gasteiger partial charge in [-0.2, -0.15) is 0 Å². The molecule has 0 fully saturated rings. The van der Waals surface area contributed by atoms with Gasteiger partial charge in [0, 0.05) is 11.4 Å². The first-order valence-electron chi connectivity index (χ1n) is 4.69. The van der Waals surface area contributed by atoms with Crippen LogP contribution in [0.2, 0.25) is 0 Å². The molecule has 2 aromatic rings. The molecule has 0 saturated heterocycles. The van der Waals surface area contributed by atoms with Gasteiger partial charge in [0.1, 0.15) is 0 Å². The molecular weight excluding hydrogens is 190 g/mol. The maximum Gasteiger partial charge on any atom is 0.166 e. The zero-order chi connectivity index (χ0) is 10.7. The predicted molar refractivity (Wildman–Crippen MR) is 57.1 cm³/mol. The van der Waals surface area contributed by atoms with Crippen LogP contribution in [0.4, 0.5) is 0 Å². The lowest BCUT2D eigenvalue weighted by Crippen LogP contribution is -2.03. The number of hydrogen-bond donors (Lipinski definition) is 1. The predicted octanol–water partition coefficient (Wildman–Crippen LogP) is 1.78. The van der Waals surface area contributed by atoms with Crippen molar-refractivity contribution in [2.75, 3.05) is 0 Å². The molecule has 76 valence electrons. The van der Waals surface area contributed by atoms with Gasteiger partial charge in [-0.1, -0.05) is 18.2 Å². The topological polar surface area (TPSA) is 42.2 Å². The summed E-state index contributed by atoms with van der Waals surface area (Å²) >= 11 is 0. The molecule has 0 saturated carbocycles. The lowest BCUT2D eigenvalue weighted by Gasteiger charge is -2.08. The summed E-state index contributed by atoms with van der Waals surface area (Å²) in [4.78, 5) is 10.8. The number of aldehydes is 1. The largest absolute Gasteiger partial charge is 0.390 e. The van der Waals surface area contributed by atoms with Gasteiger partial charge in [-0.05, 0) is 24.3 Å². The van der Waals surface area contributed by atoms with Crippen molar-refractivity contribution in [2.24, 2.45) is 0 Å². The number of nitrogens with zero attached hydrogens (tertiary/aromatic N) is 1. The first-order chi connectivity index (χ1) is 7.36. The zero-order valence-corrected chi connectivity index (χ0v) is 8.13. The monoisotopic (exact) mass is 201 g/mol. The van der Waals surface area contributed by atoms with E-state index in [0.717, 1.165) is 12.0 Å². The number of carbonyl (C=O) groups is 1. The van der Waals surface area contributed by atoms with Crippen LogP contribution in [-0.4, -0.2) is 16.0 Å². The van der Waals surface area contributed by atoms with Gasteiger partial charge in [-0.25, -0.2) is 0 Å². The first kappa shape index (κ1) is 9.68. The number of carbonyl (C=O) groups excluding carboxylic acids is 1. The Morgan fingerprint density at radius 3 is 2.47 bits per heavy atom. The lowest BCUT2D eigenvalue weighted by atomic mass is 10.3. The molecule has 3 heteroatoms. The maximum atomic E-state index is 10.8. The first-order valence-corrected chi connectivity index (χ1v) is 4.69. The second kappa shape index (κ2) is 4.11. The number of aliphatic hydroxyl groups is 1. The van der Waals surface area contributed by atoms with Crippen LogP contribution in [0.25, 0.3) is 5.69 Å². The smallest absolute Gasteiger partial charge is 0.166 e. The molecule has 0 aliphatic carbocycles. The second-order valence-corrected chi connectivity index (χ2v) is 3.20. The summed E-state index contributed by atoms with van der Waals surface area (Å²) in [5.41, 5.74) is 2.14. The van der Waals surface area contributed by atoms with Crippen molar-refractivity contribution < 1.29 is 9.90 Å². The summed E-state index contributed by atoms with van der Waals surface area (Å²) in [7, 11) is 0. The van der Waals surface area contributed by atoms with Crippen molar-refractivity contribution in [1.82, 2.24) is 4.57 Å². The molecule has 0 atom stereocenters. The van der Waals surface area contributed by atoms with E-state index in [2.05, 4.69) is 0 Å². The molecule has 2 rings (SSSR count). The van der Waals surface area contributed by atoms with Crippen LogP contribution in [-0.2, 0) is 6.61 Å². The Bertz CT molecular complexity index is 460. The van der Waals surface area contributed by atoms with E-state index < -0.39 is 0 Å². The third kappa shape index (κ3) is 1.69. The fourth-order valence-electron chi connectivity index (χ4n) is 1.60. The standard InChI is InChI=1S/C12H11NO2/c14-8-11-6-7-12(9-15)13(11)10-4-2-1-3-5-10/h1-8,15H,9H2. The average molecular weight is 201 g/mol. The van der Waals surface area contributed by atoms with Gasteiger partial charge in [0.15, 0.2) is 6.29 Å². The molecule has 0 unspecified atom stereocenters. The lowest BCUT2D eigenvalue weighted by molar-refractivity contribution is 0.111. The molecule has 0 aliphatic heterocycles. The minimum absolute atomic E-state index is 0.0806. The van der Waals surface area contributed by atoms with Crippen molar-refractivity contribution in [2.45, 2.75) is 6.61 Å². The highest BCUT2D eigenvalue weighted by Gasteiger charge is 2.07. The van der Waals surface area contributed by atoms with Gasteiger partial charge >= 0.3 is 0 Å². The molecular formula is C12H11NO2. The maximum absolute atomic E-state index is 10.8. The average Bonchev–Trinajstić information content (AvgIpc) is 2.72. The van der Waals surface area contributed by atoms with Crippen LogP contribution in [0, 0.1) is 0 Å². The van der Waals surface area contributed by atoms with Crippen LogP contribution in [0.15, 0.2) is 42.5 Å². The number of rotatable bonds is 3. The number of aliphatic hydroxyl groups excluding tert-OH is 1. The van der Waals surface area contributed by atoms with Crippen molar-refractivity contribution in [3.63, 3.8) is 0 Å². The summed E-state index contributed by atoms with van der Waals surface area (Å²) in [5.74, 6) is 0. The Labute approximate surface area is 87.6 Å². The number of aromatic nitrogens is 1. The van der Waals surface area contributed by atoms with Gasteiger partial charge in [0.25, 0.3) is 0 Å². The fraction of sp³-hybridized carbons (Fsp3) is 0.0833. The van der Waals surface area contributed by atoms with Crippen LogP contribution in [0.3, 0.4) is 0 Å². The molecule has 0 bridgehead atoms. The van der Waals surface area contributed by atoms with Gasteiger partial charge in [-0.15, -0.1) is 0 Å². The van der Waals surface area contributed by atoms with Gasteiger partial charge in [0.05, 0.1) is 12.3 Å². The second-order valence-electron chi connectivity index (χ2n) is 3.20. The number of para-hydroxylation sites is 1. The molecule has 15 heavy (non-hydrogen) atoms. The third-order valence-electron chi connectivity index (χ3n) is 2.29. The quantitative estimate of drug-likeness (QED) is 0.769. The van der Waals surface area contributed by atoms with E-state index in [1.54, 1.807) is 16.7 Å². The van der Waals surface area contributed by atoms with E-state index in [4.69, 9.17) is 5.11 Å². The fourth-order valence-corrected chi connectivity index (χ4v) is 1.60. The molecule has 0 radical (unpaired) electrons. The Balaban J connectivity index is 2.59. The van der Waals surface area contributed by atoms with E-state index in [9.17, 15) is 4.79 Å². The minimum Gasteiger partial charge on any atom is -0.390 e. The molecule has 1 aromatic carbocycles. The summed E-state index contributed by atoms with van der Waals surface area (Å²) in [5, 5.41) is 9.15. The Morgan fingerprint density at radius 1 is 1.13 bits per heavy atom. The Morgan fingerprint density at radius 2 is 1.87 bits per heavy atom. The van der Waals surface area contributed by atoms with Gasteiger partial charge < -0.3 is 9.67 Å². The van der Waals surface area contributed by atoms with Crippen molar-refractivity contribution in [3.05, 3.63) is 53.9 Å². The van der Waals surface area contributed by atoms with E-state index in [0.29, 0.717) is 11.4 Å². The van der Waals surface area contributed by atoms with E-state index in [-0.39, 0.29) is 6.61 Å². The molecule has 1 heterocycles. The molecule has 3 nitrogen and oxygen atoms in total. The summed E-state index contributed by atoms with van der Waals surface area (Å²) in [6.07, 6.45) is 0.784. The van der Waals surface area contributed by atoms with Crippen LogP contribution >= 0.6 is 0 Å². The molecule has 0 amide bonds. The van der Waals surface area contributed by atoms with Crippen LogP contribution in [0.5, 0.6) is 0 Å². The van der Waals surface area contributed by atoms with E-state index in [1.165, 1.54) is 0 Å². The Kier molecular flexibility index (Phi) is 2.65. The highest BCUT2D eigenvalue weighted by atomic mass is 16.3. The van der Waals surface area contributed by atoms with Crippen LogP contribution in [0.1, 0.15) is 16.2 Å². The highest BCUT2D eigenvalue weighted by Crippen LogP contribution is 2.15. The minimum atomic E-state index is -0.0806. The normalized spacial score (nSPS) is 10.2. The molecule has 0 aliphatic rings. The highest BCUT2D eigenvalue weighted by molar-refractivity contribution is 5.74. The van der Waals surface area contributed by atoms with E-state index >= 15 is 0 Å². The van der Waals surface area contributed by atoms with Crippen molar-refractivity contribution >= 4 is 6.29 Å².